The molecule has 0 aliphatic carbocycles. The molecule has 2 heterocycles. The molecule has 1 aromatic carbocycles. The van der Waals surface area contributed by atoms with Crippen molar-refractivity contribution in [2.45, 2.75) is 26.1 Å². The molecule has 1 N–H and O–H groups in total. The summed E-state index contributed by atoms with van der Waals surface area (Å²) in [5.74, 6) is 0.745. The predicted octanol–water partition coefficient (Wildman–Crippen LogP) is 1.72. The summed E-state index contributed by atoms with van der Waals surface area (Å²) in [7, 11) is 1.88. The van der Waals surface area contributed by atoms with Gasteiger partial charge in [-0.2, -0.15) is 0 Å². The molecule has 6 heteroatoms. The molecule has 20 heavy (non-hydrogen) atoms. The largest absolute Gasteiger partial charge is 0.362 e. The minimum Gasteiger partial charge on any atom is -0.362 e. The fourth-order valence-corrected chi connectivity index (χ4v) is 2.59. The SMILES string of the molecule is CNC(C)c1cc(F)ccc1N1CCn2cnnc2C1. The molecule has 1 atom stereocenters. The first kappa shape index (κ1) is 13.1. The molecule has 1 unspecified atom stereocenters. The zero-order valence-electron chi connectivity index (χ0n) is 11.7. The lowest BCUT2D eigenvalue weighted by Crippen LogP contribution is -2.34. The van der Waals surface area contributed by atoms with Crippen molar-refractivity contribution in [2.75, 3.05) is 18.5 Å². The van der Waals surface area contributed by atoms with E-state index in [0.717, 1.165) is 30.2 Å². The van der Waals surface area contributed by atoms with E-state index >= 15 is 0 Å². The summed E-state index contributed by atoms with van der Waals surface area (Å²) in [6.07, 6.45) is 1.76. The van der Waals surface area contributed by atoms with Gasteiger partial charge in [-0.15, -0.1) is 10.2 Å². The maximum atomic E-state index is 13.5. The molecule has 2 aromatic rings. The topological polar surface area (TPSA) is 46.0 Å². The number of aromatic nitrogens is 3. The number of fused-ring (bicyclic) bond motifs is 1. The van der Waals surface area contributed by atoms with Crippen LogP contribution in [-0.2, 0) is 13.1 Å². The third-order valence-electron chi connectivity index (χ3n) is 3.87. The highest BCUT2D eigenvalue weighted by Gasteiger charge is 2.21. The highest BCUT2D eigenvalue weighted by Crippen LogP contribution is 2.29. The van der Waals surface area contributed by atoms with Gasteiger partial charge in [0.15, 0.2) is 5.82 Å². The Labute approximate surface area is 117 Å². The molecule has 0 amide bonds. The molecule has 3 rings (SSSR count). The zero-order valence-corrected chi connectivity index (χ0v) is 11.7. The number of hydrogen-bond acceptors (Lipinski definition) is 4. The van der Waals surface area contributed by atoms with Gasteiger partial charge in [0.25, 0.3) is 0 Å². The Kier molecular flexibility index (Phi) is 3.40. The number of nitrogens with one attached hydrogen (secondary N) is 1. The van der Waals surface area contributed by atoms with Crippen LogP contribution in [0, 0.1) is 5.82 Å². The second-order valence-corrected chi connectivity index (χ2v) is 5.08. The number of anilines is 1. The van der Waals surface area contributed by atoms with Gasteiger partial charge in [-0.25, -0.2) is 4.39 Å². The van der Waals surface area contributed by atoms with Gasteiger partial charge < -0.3 is 14.8 Å². The van der Waals surface area contributed by atoms with Crippen LogP contribution in [0.25, 0.3) is 0 Å². The van der Waals surface area contributed by atoms with Crippen molar-refractivity contribution in [3.05, 3.63) is 41.7 Å². The summed E-state index contributed by atoms with van der Waals surface area (Å²) in [6, 6.07) is 5.07. The molecule has 0 saturated heterocycles. The average Bonchev–Trinajstić information content (AvgIpc) is 2.93. The van der Waals surface area contributed by atoms with Crippen molar-refractivity contribution in [1.29, 1.82) is 0 Å². The smallest absolute Gasteiger partial charge is 0.152 e. The van der Waals surface area contributed by atoms with E-state index in [1.165, 1.54) is 6.07 Å². The molecule has 1 aliphatic heterocycles. The molecule has 106 valence electrons. The lowest BCUT2D eigenvalue weighted by Gasteiger charge is -2.32. The van der Waals surface area contributed by atoms with Gasteiger partial charge in [-0.3, -0.25) is 0 Å². The van der Waals surface area contributed by atoms with Gasteiger partial charge in [0.2, 0.25) is 0 Å². The van der Waals surface area contributed by atoms with Gasteiger partial charge in [-0.1, -0.05) is 0 Å². The second-order valence-electron chi connectivity index (χ2n) is 5.08. The Balaban J connectivity index is 1.95. The van der Waals surface area contributed by atoms with E-state index in [9.17, 15) is 4.39 Å². The monoisotopic (exact) mass is 275 g/mol. The van der Waals surface area contributed by atoms with Crippen molar-refractivity contribution >= 4 is 5.69 Å². The van der Waals surface area contributed by atoms with Gasteiger partial charge in [0.05, 0.1) is 6.54 Å². The normalized spacial score (nSPS) is 16.1. The molecule has 1 aromatic heterocycles. The van der Waals surface area contributed by atoms with Crippen LogP contribution in [0.2, 0.25) is 0 Å². The number of halogens is 1. The maximum Gasteiger partial charge on any atom is 0.152 e. The van der Waals surface area contributed by atoms with Gasteiger partial charge in [0, 0.05) is 24.8 Å². The van der Waals surface area contributed by atoms with Crippen LogP contribution < -0.4 is 10.2 Å². The van der Waals surface area contributed by atoms with Crippen LogP contribution in [0.5, 0.6) is 0 Å². The minimum atomic E-state index is -0.203. The van der Waals surface area contributed by atoms with Crippen LogP contribution in [0.4, 0.5) is 10.1 Å². The van der Waals surface area contributed by atoms with Gasteiger partial charge in [0.1, 0.15) is 12.1 Å². The van der Waals surface area contributed by atoms with E-state index < -0.39 is 0 Å². The Hall–Kier alpha value is -1.95. The fraction of sp³-hybridized carbons (Fsp3) is 0.429. The first-order chi connectivity index (χ1) is 9.69. The molecule has 5 nitrogen and oxygen atoms in total. The quantitative estimate of drug-likeness (QED) is 0.926. The van der Waals surface area contributed by atoms with E-state index in [-0.39, 0.29) is 11.9 Å². The number of rotatable bonds is 3. The zero-order chi connectivity index (χ0) is 14.1. The molecule has 0 saturated carbocycles. The molecular weight excluding hydrogens is 257 g/mol. The van der Waals surface area contributed by atoms with Crippen LogP contribution in [0.15, 0.2) is 24.5 Å². The predicted molar refractivity (Wildman–Crippen MR) is 74.9 cm³/mol. The summed E-state index contributed by atoms with van der Waals surface area (Å²) in [5, 5.41) is 11.2. The van der Waals surface area contributed by atoms with Crippen molar-refractivity contribution in [3.63, 3.8) is 0 Å². The lowest BCUT2D eigenvalue weighted by molar-refractivity contribution is 0.552. The molecule has 1 aliphatic rings. The Morgan fingerprint density at radius 1 is 1.35 bits per heavy atom. The number of nitrogens with zero attached hydrogens (tertiary/aromatic N) is 4. The first-order valence-electron chi connectivity index (χ1n) is 6.77. The Morgan fingerprint density at radius 3 is 3.00 bits per heavy atom. The van der Waals surface area contributed by atoms with E-state index in [1.54, 1.807) is 12.4 Å². The fourth-order valence-electron chi connectivity index (χ4n) is 2.59. The summed E-state index contributed by atoms with van der Waals surface area (Å²) < 4.78 is 15.6. The molecule has 0 fully saturated rings. The van der Waals surface area contributed by atoms with Crippen LogP contribution in [0.3, 0.4) is 0 Å². The Morgan fingerprint density at radius 2 is 2.20 bits per heavy atom. The second kappa shape index (κ2) is 5.20. The molecule has 0 bridgehead atoms. The Bertz CT molecular complexity index is 609. The van der Waals surface area contributed by atoms with Gasteiger partial charge in [-0.05, 0) is 37.7 Å². The van der Waals surface area contributed by atoms with Crippen molar-refractivity contribution in [3.8, 4) is 0 Å². The van der Waals surface area contributed by atoms with Crippen LogP contribution in [0.1, 0.15) is 24.4 Å². The van der Waals surface area contributed by atoms with E-state index in [1.807, 2.05) is 20.0 Å². The minimum absolute atomic E-state index is 0.0977. The summed E-state index contributed by atoms with van der Waals surface area (Å²) in [6.45, 7) is 4.47. The molecule has 0 spiro atoms. The van der Waals surface area contributed by atoms with Crippen LogP contribution >= 0.6 is 0 Å². The third kappa shape index (κ3) is 2.27. The highest BCUT2D eigenvalue weighted by molar-refractivity contribution is 5.55. The van der Waals surface area contributed by atoms with E-state index in [2.05, 4.69) is 25.0 Å². The molecule has 0 radical (unpaired) electrons. The van der Waals surface area contributed by atoms with E-state index in [4.69, 9.17) is 0 Å². The summed E-state index contributed by atoms with van der Waals surface area (Å²) >= 11 is 0. The highest BCUT2D eigenvalue weighted by atomic mass is 19.1. The number of benzene rings is 1. The summed E-state index contributed by atoms with van der Waals surface area (Å²) in [5.41, 5.74) is 2.03. The first-order valence-corrected chi connectivity index (χ1v) is 6.77. The van der Waals surface area contributed by atoms with Crippen molar-refractivity contribution < 1.29 is 4.39 Å². The lowest BCUT2D eigenvalue weighted by atomic mass is 10.0. The standard InChI is InChI=1S/C14H18FN5/c1-10(16-2)12-7-11(15)3-4-13(12)19-5-6-20-9-17-18-14(20)8-19/h3-4,7,9-10,16H,5-6,8H2,1-2H3. The third-order valence-corrected chi connectivity index (χ3v) is 3.87. The summed E-state index contributed by atoms with van der Waals surface area (Å²) in [4.78, 5) is 2.23. The van der Waals surface area contributed by atoms with Crippen molar-refractivity contribution in [2.24, 2.45) is 0 Å². The average molecular weight is 275 g/mol. The van der Waals surface area contributed by atoms with Crippen LogP contribution in [-0.4, -0.2) is 28.4 Å². The number of hydrogen-bond donors (Lipinski definition) is 1. The van der Waals surface area contributed by atoms with Crippen molar-refractivity contribution in [1.82, 2.24) is 20.1 Å². The molecular formula is C14H18FN5. The van der Waals surface area contributed by atoms with E-state index in [0.29, 0.717) is 6.54 Å². The maximum absolute atomic E-state index is 13.5. The van der Waals surface area contributed by atoms with Gasteiger partial charge >= 0.3 is 0 Å².